The van der Waals surface area contributed by atoms with Gasteiger partial charge in [0.15, 0.2) is 0 Å². The summed E-state index contributed by atoms with van der Waals surface area (Å²) in [6.45, 7) is 4.40. The number of carbonyl (C=O) groups is 2. The van der Waals surface area contributed by atoms with Gasteiger partial charge in [0.05, 0.1) is 0 Å². The molecular formula is C13H25NO4S. The molecule has 0 fully saturated rings. The van der Waals surface area contributed by atoms with E-state index in [-0.39, 0.29) is 0 Å². The molecule has 0 saturated carbocycles. The average Bonchev–Trinajstić information content (AvgIpc) is 2.35. The Morgan fingerprint density at radius 3 is 2.26 bits per heavy atom. The van der Waals surface area contributed by atoms with Gasteiger partial charge in [0.1, 0.15) is 6.04 Å². The topological polar surface area (TPSA) is 77.8 Å². The molecule has 0 aromatic carbocycles. The van der Waals surface area contributed by atoms with Crippen LogP contribution in [0, 0.1) is 0 Å². The lowest BCUT2D eigenvalue weighted by Gasteiger charge is -2.26. The predicted molar refractivity (Wildman–Crippen MR) is 77.9 cm³/mol. The van der Waals surface area contributed by atoms with Gasteiger partial charge in [-0.15, -0.1) is 0 Å². The first-order chi connectivity index (χ1) is 9.04. The van der Waals surface area contributed by atoms with E-state index in [0.29, 0.717) is 25.1 Å². The molecule has 19 heavy (non-hydrogen) atoms. The molecule has 0 saturated heterocycles. The Kier molecular flexibility index (Phi) is 10.4. The minimum Gasteiger partial charge on any atom is -0.480 e. The molecule has 6 heteroatoms. The third-order valence-corrected chi connectivity index (χ3v) is 4.01. The summed E-state index contributed by atoms with van der Waals surface area (Å²) < 4.78 is 0. The van der Waals surface area contributed by atoms with Crippen molar-refractivity contribution in [2.75, 3.05) is 18.1 Å². The lowest BCUT2D eigenvalue weighted by molar-refractivity contribution is -0.142. The molecular weight excluding hydrogens is 266 g/mol. The second-order valence-electron chi connectivity index (χ2n) is 4.44. The number of thioether (sulfide) groups is 1. The Hall–Kier alpha value is -0.910. The summed E-state index contributed by atoms with van der Waals surface area (Å²) in [5, 5.41) is 18.3. The monoisotopic (exact) mass is 291 g/mol. The first-order valence-electron chi connectivity index (χ1n) is 6.84. The van der Waals surface area contributed by atoms with E-state index >= 15 is 0 Å². The van der Waals surface area contributed by atoms with Gasteiger partial charge >= 0.3 is 12.1 Å². The van der Waals surface area contributed by atoms with Crippen LogP contribution in [0.5, 0.6) is 0 Å². The molecule has 0 aliphatic heterocycles. The summed E-state index contributed by atoms with van der Waals surface area (Å²) in [6, 6.07) is -0.918. The molecule has 112 valence electrons. The Bertz CT molecular complexity index is 273. The van der Waals surface area contributed by atoms with Gasteiger partial charge in [0, 0.05) is 6.54 Å². The van der Waals surface area contributed by atoms with Gasteiger partial charge in [-0.2, -0.15) is 11.8 Å². The van der Waals surface area contributed by atoms with E-state index in [2.05, 4.69) is 6.92 Å². The number of aliphatic carboxylic acids is 1. The molecule has 0 bridgehead atoms. The van der Waals surface area contributed by atoms with Crippen LogP contribution < -0.4 is 0 Å². The van der Waals surface area contributed by atoms with Crippen molar-refractivity contribution in [1.82, 2.24) is 4.90 Å². The molecule has 0 aromatic rings. The van der Waals surface area contributed by atoms with Crippen LogP contribution in [0.25, 0.3) is 0 Å². The average molecular weight is 291 g/mol. The first-order valence-corrected chi connectivity index (χ1v) is 8.00. The maximum atomic E-state index is 11.2. The smallest absolute Gasteiger partial charge is 0.408 e. The molecule has 0 spiro atoms. The van der Waals surface area contributed by atoms with E-state index in [0.717, 1.165) is 29.9 Å². The fourth-order valence-electron chi connectivity index (χ4n) is 1.77. The van der Waals surface area contributed by atoms with Crippen LogP contribution in [0.2, 0.25) is 0 Å². The summed E-state index contributed by atoms with van der Waals surface area (Å²) in [4.78, 5) is 23.5. The SMILES string of the molecule is CCCCCN(C(=O)O)C(CCSCCC)C(=O)O. The van der Waals surface area contributed by atoms with Gasteiger partial charge in [-0.3, -0.25) is 4.90 Å². The van der Waals surface area contributed by atoms with Gasteiger partial charge in [-0.1, -0.05) is 26.7 Å². The zero-order valence-corrected chi connectivity index (χ0v) is 12.6. The van der Waals surface area contributed by atoms with Crippen molar-refractivity contribution in [2.45, 2.75) is 52.0 Å². The molecule has 1 amide bonds. The van der Waals surface area contributed by atoms with Crippen molar-refractivity contribution in [1.29, 1.82) is 0 Å². The van der Waals surface area contributed by atoms with E-state index < -0.39 is 18.1 Å². The van der Waals surface area contributed by atoms with E-state index in [1.807, 2.05) is 6.92 Å². The van der Waals surface area contributed by atoms with E-state index in [1.165, 1.54) is 0 Å². The van der Waals surface area contributed by atoms with Crippen molar-refractivity contribution in [2.24, 2.45) is 0 Å². The van der Waals surface area contributed by atoms with Crippen LogP contribution in [-0.2, 0) is 4.79 Å². The highest BCUT2D eigenvalue weighted by Crippen LogP contribution is 2.13. The van der Waals surface area contributed by atoms with Gasteiger partial charge in [0.2, 0.25) is 0 Å². The quantitative estimate of drug-likeness (QED) is 0.572. The first kappa shape index (κ1) is 18.1. The minimum absolute atomic E-state index is 0.304. The normalized spacial score (nSPS) is 12.1. The highest BCUT2D eigenvalue weighted by Gasteiger charge is 2.28. The molecule has 0 radical (unpaired) electrons. The Morgan fingerprint density at radius 2 is 1.79 bits per heavy atom. The van der Waals surface area contributed by atoms with Crippen LogP contribution in [-0.4, -0.2) is 51.3 Å². The molecule has 0 aliphatic carbocycles. The molecule has 5 nitrogen and oxygen atoms in total. The molecule has 0 heterocycles. The van der Waals surface area contributed by atoms with Crippen LogP contribution in [0.4, 0.5) is 4.79 Å². The molecule has 1 unspecified atom stereocenters. The predicted octanol–water partition coefficient (Wildman–Crippen LogP) is 3.14. The highest BCUT2D eigenvalue weighted by atomic mass is 32.2. The Labute approximate surface area is 119 Å². The van der Waals surface area contributed by atoms with Crippen LogP contribution in [0.1, 0.15) is 46.0 Å². The number of nitrogens with zero attached hydrogens (tertiary/aromatic N) is 1. The molecule has 0 rings (SSSR count). The van der Waals surface area contributed by atoms with Crippen molar-refractivity contribution >= 4 is 23.8 Å². The number of rotatable bonds is 11. The number of amides is 1. The largest absolute Gasteiger partial charge is 0.480 e. The molecule has 0 aromatic heterocycles. The van der Waals surface area contributed by atoms with Crippen LogP contribution in [0.3, 0.4) is 0 Å². The lowest BCUT2D eigenvalue weighted by atomic mass is 10.1. The third-order valence-electron chi connectivity index (χ3n) is 2.79. The van der Waals surface area contributed by atoms with Crippen LogP contribution >= 0.6 is 11.8 Å². The van der Waals surface area contributed by atoms with Crippen molar-refractivity contribution in [3.8, 4) is 0 Å². The summed E-state index contributed by atoms with van der Waals surface area (Å²) in [6.07, 6.45) is 2.90. The minimum atomic E-state index is -1.14. The summed E-state index contributed by atoms with van der Waals surface area (Å²) in [7, 11) is 0. The van der Waals surface area contributed by atoms with E-state index in [9.17, 15) is 14.7 Å². The maximum absolute atomic E-state index is 11.2. The number of hydrogen-bond donors (Lipinski definition) is 2. The number of carboxylic acid groups (broad SMARTS) is 2. The number of hydrogen-bond acceptors (Lipinski definition) is 3. The van der Waals surface area contributed by atoms with Gasteiger partial charge in [0.25, 0.3) is 0 Å². The zero-order chi connectivity index (χ0) is 14.7. The molecule has 1 atom stereocenters. The van der Waals surface area contributed by atoms with E-state index in [4.69, 9.17) is 5.11 Å². The summed E-state index contributed by atoms with van der Waals surface area (Å²) in [5.74, 6) is 0.619. The Balaban J connectivity index is 4.40. The summed E-state index contributed by atoms with van der Waals surface area (Å²) >= 11 is 1.67. The molecule has 2 N–H and O–H groups in total. The van der Waals surface area contributed by atoms with Crippen molar-refractivity contribution < 1.29 is 19.8 Å². The fraction of sp³-hybridized carbons (Fsp3) is 0.846. The molecule has 0 aliphatic rings. The number of carboxylic acids is 1. The lowest BCUT2D eigenvalue weighted by Crippen LogP contribution is -2.45. The van der Waals surface area contributed by atoms with E-state index in [1.54, 1.807) is 11.8 Å². The van der Waals surface area contributed by atoms with Crippen LogP contribution in [0.15, 0.2) is 0 Å². The Morgan fingerprint density at radius 1 is 1.11 bits per heavy atom. The number of unbranched alkanes of at least 4 members (excludes halogenated alkanes) is 2. The van der Waals surface area contributed by atoms with Gasteiger partial charge < -0.3 is 10.2 Å². The van der Waals surface area contributed by atoms with Crippen molar-refractivity contribution in [3.05, 3.63) is 0 Å². The summed E-state index contributed by atoms with van der Waals surface area (Å²) in [5.41, 5.74) is 0. The third kappa shape index (κ3) is 7.97. The van der Waals surface area contributed by atoms with Gasteiger partial charge in [-0.05, 0) is 30.8 Å². The van der Waals surface area contributed by atoms with Crippen molar-refractivity contribution in [3.63, 3.8) is 0 Å². The maximum Gasteiger partial charge on any atom is 0.408 e. The standard InChI is InChI=1S/C13H25NO4S/c1-3-5-6-8-14(13(17)18)11(12(15)16)7-10-19-9-4-2/h11H,3-10H2,1-2H3,(H,15,16)(H,17,18). The fourth-order valence-corrected chi connectivity index (χ4v) is 2.65. The second-order valence-corrected chi connectivity index (χ2v) is 5.66. The highest BCUT2D eigenvalue weighted by molar-refractivity contribution is 7.99. The van der Waals surface area contributed by atoms with Gasteiger partial charge in [-0.25, -0.2) is 9.59 Å². The second kappa shape index (κ2) is 11.0. The zero-order valence-electron chi connectivity index (χ0n) is 11.8.